The van der Waals surface area contributed by atoms with Crippen molar-refractivity contribution in [1.29, 1.82) is 0 Å². The Morgan fingerprint density at radius 2 is 1.15 bits per heavy atom. The van der Waals surface area contributed by atoms with E-state index in [4.69, 9.17) is 62.6 Å². The Labute approximate surface area is 329 Å². The van der Waals surface area contributed by atoms with E-state index in [9.17, 15) is 14.4 Å². The maximum absolute atomic E-state index is 12.7. The number of amides is 3. The molecule has 14 heteroatoms. The minimum atomic E-state index is -0.572. The molecule has 4 aromatic rings. The zero-order valence-electron chi connectivity index (χ0n) is 29.6. The van der Waals surface area contributed by atoms with E-state index in [2.05, 4.69) is 15.1 Å². The molecule has 2 aliphatic heterocycles. The summed E-state index contributed by atoms with van der Waals surface area (Å²) in [6.07, 6.45) is -0.351. The Balaban J connectivity index is 0.000000211. The molecule has 4 aromatic carbocycles. The monoisotopic (exact) mass is 798 g/mol. The molecule has 280 valence electrons. The van der Waals surface area contributed by atoms with E-state index in [-0.39, 0.29) is 18.2 Å². The SMILES string of the molecule is CC(C)(C)OC(=O)N1CCN(c2ccc(C(N)=O)cc2Cl)[C@H](c2ccc(Cl)cc2)C1.NC(=O)c1ccc(N2CCNC[C@H]2c2ccc(Cl)cc2)c(Cl)c1. The molecule has 6 rings (SSSR count). The van der Waals surface area contributed by atoms with Crippen LogP contribution in [-0.4, -0.2) is 67.7 Å². The highest BCUT2D eigenvalue weighted by atomic mass is 35.5. The fraction of sp³-hybridized carbons (Fsp3) is 0.308. The van der Waals surface area contributed by atoms with Crippen molar-refractivity contribution in [2.75, 3.05) is 49.1 Å². The molecule has 0 aliphatic carbocycles. The first-order valence-electron chi connectivity index (χ1n) is 17.0. The summed E-state index contributed by atoms with van der Waals surface area (Å²) >= 11 is 24.9. The predicted molar refractivity (Wildman–Crippen MR) is 214 cm³/mol. The summed E-state index contributed by atoms with van der Waals surface area (Å²) in [5.74, 6) is -1.01. The van der Waals surface area contributed by atoms with Gasteiger partial charge in [0.2, 0.25) is 11.8 Å². The van der Waals surface area contributed by atoms with Gasteiger partial charge in [-0.05, 0) is 92.6 Å². The van der Waals surface area contributed by atoms with Crippen molar-refractivity contribution >= 4 is 75.7 Å². The van der Waals surface area contributed by atoms with Crippen LogP contribution in [0.25, 0.3) is 0 Å². The second-order valence-corrected chi connectivity index (χ2v) is 15.4. The number of nitrogens with two attached hydrogens (primary N) is 2. The summed E-state index contributed by atoms with van der Waals surface area (Å²) < 4.78 is 5.56. The molecule has 10 nitrogen and oxygen atoms in total. The zero-order valence-corrected chi connectivity index (χ0v) is 32.6. The quantitative estimate of drug-likeness (QED) is 0.179. The highest BCUT2D eigenvalue weighted by molar-refractivity contribution is 6.34. The topological polar surface area (TPSA) is 134 Å². The standard InChI is InChI=1S/C22H25Cl2N3O3.C17H17Cl2N3O/c1-22(2,3)30-21(29)26-10-11-27(18-9-6-15(20(25)28)12-17(18)24)19(13-26)14-4-7-16(23)8-5-14;18-13-4-1-11(2-5-13)16-10-21-7-8-22(16)15-6-3-12(17(20)23)9-14(15)19/h4-9,12,19H,10-11,13H2,1-3H3,(H2,25,28);1-6,9,16,21H,7-8,10H2,(H2,20,23)/t19-;16-/m00/s1. The van der Waals surface area contributed by atoms with Gasteiger partial charge in [0.25, 0.3) is 0 Å². The third kappa shape index (κ3) is 10.3. The van der Waals surface area contributed by atoms with Crippen LogP contribution in [0.3, 0.4) is 0 Å². The van der Waals surface area contributed by atoms with Gasteiger partial charge in [-0.1, -0.05) is 70.7 Å². The molecule has 0 aromatic heterocycles. The van der Waals surface area contributed by atoms with E-state index in [1.807, 2.05) is 75.4 Å². The lowest BCUT2D eigenvalue weighted by Crippen LogP contribution is -2.51. The smallest absolute Gasteiger partial charge is 0.410 e. The van der Waals surface area contributed by atoms with Crippen molar-refractivity contribution in [3.63, 3.8) is 0 Å². The third-order valence-electron chi connectivity index (χ3n) is 8.87. The molecule has 0 bridgehead atoms. The van der Waals surface area contributed by atoms with Crippen LogP contribution >= 0.6 is 46.4 Å². The fourth-order valence-corrected chi connectivity index (χ4v) is 7.13. The minimum Gasteiger partial charge on any atom is -0.444 e. The van der Waals surface area contributed by atoms with Gasteiger partial charge in [0.1, 0.15) is 5.60 Å². The number of piperazine rings is 2. The van der Waals surface area contributed by atoms with E-state index in [1.54, 1.807) is 35.2 Å². The normalized spacial score (nSPS) is 17.5. The minimum absolute atomic E-state index is 0.151. The van der Waals surface area contributed by atoms with Gasteiger partial charge >= 0.3 is 6.09 Å². The van der Waals surface area contributed by atoms with Crippen molar-refractivity contribution in [3.05, 3.63) is 127 Å². The van der Waals surface area contributed by atoms with Crippen LogP contribution in [0.15, 0.2) is 84.9 Å². The number of carbonyl (C=O) groups is 3. The van der Waals surface area contributed by atoms with Crippen LogP contribution < -0.4 is 26.6 Å². The van der Waals surface area contributed by atoms with Gasteiger partial charge in [0.05, 0.1) is 33.5 Å². The number of nitrogens with one attached hydrogen (secondary N) is 1. The second-order valence-electron chi connectivity index (χ2n) is 13.7. The Bertz CT molecular complexity index is 1940. The number of anilines is 2. The van der Waals surface area contributed by atoms with Crippen LogP contribution in [0, 0.1) is 0 Å². The predicted octanol–water partition coefficient (Wildman–Crippen LogP) is 8.13. The van der Waals surface area contributed by atoms with Gasteiger partial charge in [0, 0.05) is 60.4 Å². The van der Waals surface area contributed by atoms with Gasteiger partial charge in [-0.3, -0.25) is 9.59 Å². The van der Waals surface area contributed by atoms with Gasteiger partial charge in [-0.2, -0.15) is 0 Å². The summed E-state index contributed by atoms with van der Waals surface area (Å²) in [5, 5.41) is 5.71. The average molecular weight is 801 g/mol. The van der Waals surface area contributed by atoms with Crippen LogP contribution in [0.2, 0.25) is 20.1 Å². The molecule has 2 atom stereocenters. The number of hydrogen-bond acceptors (Lipinski definition) is 7. The second kappa shape index (κ2) is 17.3. The highest BCUT2D eigenvalue weighted by Crippen LogP contribution is 2.37. The lowest BCUT2D eigenvalue weighted by molar-refractivity contribution is 0.0214. The number of hydrogen-bond donors (Lipinski definition) is 3. The largest absolute Gasteiger partial charge is 0.444 e. The first-order chi connectivity index (χ1) is 25.1. The molecule has 0 spiro atoms. The number of halogens is 4. The molecule has 53 heavy (non-hydrogen) atoms. The fourth-order valence-electron chi connectivity index (χ4n) is 6.30. The van der Waals surface area contributed by atoms with Crippen molar-refractivity contribution in [1.82, 2.24) is 10.2 Å². The number of carbonyl (C=O) groups excluding carboxylic acids is 3. The highest BCUT2D eigenvalue weighted by Gasteiger charge is 2.34. The van der Waals surface area contributed by atoms with E-state index >= 15 is 0 Å². The van der Waals surface area contributed by atoms with Crippen molar-refractivity contribution in [3.8, 4) is 0 Å². The van der Waals surface area contributed by atoms with Gasteiger partial charge in [-0.25, -0.2) is 4.79 Å². The van der Waals surface area contributed by atoms with Crippen LogP contribution in [-0.2, 0) is 4.74 Å². The molecule has 2 fully saturated rings. The zero-order chi connectivity index (χ0) is 38.4. The summed E-state index contributed by atoms with van der Waals surface area (Å²) in [4.78, 5) is 41.5. The summed E-state index contributed by atoms with van der Waals surface area (Å²) in [6.45, 7) is 9.49. The van der Waals surface area contributed by atoms with Crippen molar-refractivity contribution < 1.29 is 19.1 Å². The van der Waals surface area contributed by atoms with Crippen LogP contribution in [0.4, 0.5) is 16.2 Å². The number of nitrogens with zero attached hydrogens (tertiary/aromatic N) is 3. The Hall–Kier alpha value is -4.19. The van der Waals surface area contributed by atoms with E-state index in [0.29, 0.717) is 50.9 Å². The van der Waals surface area contributed by atoms with E-state index in [0.717, 1.165) is 42.1 Å². The average Bonchev–Trinajstić information content (AvgIpc) is 3.11. The number of rotatable bonds is 6. The van der Waals surface area contributed by atoms with Gasteiger partial charge < -0.3 is 36.2 Å². The van der Waals surface area contributed by atoms with Crippen LogP contribution in [0.5, 0.6) is 0 Å². The van der Waals surface area contributed by atoms with Crippen LogP contribution in [0.1, 0.15) is 64.7 Å². The van der Waals surface area contributed by atoms with E-state index < -0.39 is 17.4 Å². The lowest BCUT2D eigenvalue weighted by Gasteiger charge is -2.43. The molecule has 5 N–H and O–H groups in total. The molecule has 2 saturated heterocycles. The van der Waals surface area contributed by atoms with Crippen molar-refractivity contribution in [2.45, 2.75) is 38.5 Å². The molecule has 0 saturated carbocycles. The van der Waals surface area contributed by atoms with Gasteiger partial charge in [-0.15, -0.1) is 0 Å². The number of ether oxygens (including phenoxy) is 1. The number of benzene rings is 4. The molecule has 0 radical (unpaired) electrons. The first kappa shape index (κ1) is 40.0. The Kier molecular flexibility index (Phi) is 13.1. The van der Waals surface area contributed by atoms with Gasteiger partial charge in [0.15, 0.2) is 0 Å². The molecule has 2 heterocycles. The molecular formula is C39H42Cl4N6O4. The summed E-state index contributed by atoms with van der Waals surface area (Å²) in [5.41, 5.74) is 14.7. The van der Waals surface area contributed by atoms with Crippen molar-refractivity contribution in [2.24, 2.45) is 11.5 Å². The molecular weight excluding hydrogens is 758 g/mol. The first-order valence-corrected chi connectivity index (χ1v) is 18.5. The Morgan fingerprint density at radius 1 is 0.679 bits per heavy atom. The maximum Gasteiger partial charge on any atom is 0.410 e. The molecule has 3 amide bonds. The van der Waals surface area contributed by atoms with E-state index in [1.165, 1.54) is 0 Å². The Morgan fingerprint density at radius 3 is 1.60 bits per heavy atom. The lowest BCUT2D eigenvalue weighted by atomic mass is 10.0. The number of primary amides is 2. The summed E-state index contributed by atoms with van der Waals surface area (Å²) in [7, 11) is 0. The molecule has 2 aliphatic rings. The summed E-state index contributed by atoms with van der Waals surface area (Å²) in [6, 6.07) is 25.5. The maximum atomic E-state index is 12.7. The third-order valence-corrected chi connectivity index (χ3v) is 9.98. The molecule has 0 unspecified atom stereocenters.